The van der Waals surface area contributed by atoms with E-state index in [1.807, 2.05) is 0 Å². The van der Waals surface area contributed by atoms with Gasteiger partial charge in [0.25, 0.3) is 0 Å². The SMILES string of the molecule is CN(C)S(=O)(=O)CCNCc1cc(Br)ccc1F. The smallest absolute Gasteiger partial charge is 0.214 e. The third-order valence-electron chi connectivity index (χ3n) is 2.42. The van der Waals surface area contributed by atoms with Gasteiger partial charge in [0.1, 0.15) is 5.82 Å². The molecule has 0 aromatic heterocycles. The first-order valence-corrected chi connectivity index (χ1v) is 7.78. The molecule has 0 atom stereocenters. The van der Waals surface area contributed by atoms with E-state index in [1.165, 1.54) is 24.5 Å². The van der Waals surface area contributed by atoms with Crippen LogP contribution in [-0.2, 0) is 16.6 Å². The Labute approximate surface area is 115 Å². The summed E-state index contributed by atoms with van der Waals surface area (Å²) in [6.07, 6.45) is 0. The van der Waals surface area contributed by atoms with Gasteiger partial charge in [0.05, 0.1) is 5.75 Å². The molecule has 0 radical (unpaired) electrons. The van der Waals surface area contributed by atoms with Crippen LogP contribution >= 0.6 is 15.9 Å². The minimum Gasteiger partial charge on any atom is -0.312 e. The average Bonchev–Trinajstić information content (AvgIpc) is 2.28. The molecule has 0 saturated carbocycles. The lowest BCUT2D eigenvalue weighted by Crippen LogP contribution is -2.31. The quantitative estimate of drug-likeness (QED) is 0.801. The number of hydrogen-bond donors (Lipinski definition) is 1. The highest BCUT2D eigenvalue weighted by Crippen LogP contribution is 2.15. The van der Waals surface area contributed by atoms with Crippen molar-refractivity contribution in [3.8, 4) is 0 Å². The summed E-state index contributed by atoms with van der Waals surface area (Å²) in [5.41, 5.74) is 0.506. The third kappa shape index (κ3) is 4.64. The fraction of sp³-hybridized carbons (Fsp3) is 0.455. The lowest BCUT2D eigenvalue weighted by molar-refractivity contribution is 0.516. The van der Waals surface area contributed by atoms with E-state index < -0.39 is 10.0 Å². The zero-order chi connectivity index (χ0) is 13.8. The van der Waals surface area contributed by atoms with Crippen molar-refractivity contribution in [3.05, 3.63) is 34.1 Å². The Kier molecular flexibility index (Phi) is 5.71. The summed E-state index contributed by atoms with van der Waals surface area (Å²) in [5, 5.41) is 2.91. The van der Waals surface area contributed by atoms with Crippen LogP contribution in [-0.4, -0.2) is 39.1 Å². The van der Waals surface area contributed by atoms with Crippen LogP contribution in [0, 0.1) is 5.82 Å². The van der Waals surface area contributed by atoms with E-state index in [2.05, 4.69) is 21.2 Å². The Hall–Kier alpha value is -0.500. The highest BCUT2D eigenvalue weighted by molar-refractivity contribution is 9.10. The van der Waals surface area contributed by atoms with E-state index >= 15 is 0 Å². The van der Waals surface area contributed by atoms with Gasteiger partial charge in [-0.2, -0.15) is 0 Å². The van der Waals surface area contributed by atoms with Gasteiger partial charge in [-0.3, -0.25) is 0 Å². The van der Waals surface area contributed by atoms with Crippen molar-refractivity contribution in [2.24, 2.45) is 0 Å². The van der Waals surface area contributed by atoms with E-state index in [0.29, 0.717) is 12.1 Å². The van der Waals surface area contributed by atoms with Gasteiger partial charge in [-0.25, -0.2) is 17.1 Å². The molecule has 102 valence electrons. The van der Waals surface area contributed by atoms with Crippen LogP contribution in [0.1, 0.15) is 5.56 Å². The maximum atomic E-state index is 13.4. The van der Waals surface area contributed by atoms with Crippen LogP contribution in [0.3, 0.4) is 0 Å². The fourth-order valence-corrected chi connectivity index (χ4v) is 2.46. The number of hydrogen-bond acceptors (Lipinski definition) is 3. The minimum atomic E-state index is -3.20. The molecule has 1 N–H and O–H groups in total. The standard InChI is InChI=1S/C11H16BrFN2O2S/c1-15(2)18(16,17)6-5-14-8-9-7-10(12)3-4-11(9)13/h3-4,7,14H,5-6,8H2,1-2H3. The predicted molar refractivity (Wildman–Crippen MR) is 73.3 cm³/mol. The normalized spacial score (nSPS) is 12.1. The Morgan fingerprint density at radius 3 is 2.67 bits per heavy atom. The molecule has 0 spiro atoms. The van der Waals surface area contributed by atoms with Crippen molar-refractivity contribution in [1.29, 1.82) is 0 Å². The first kappa shape index (κ1) is 15.6. The monoisotopic (exact) mass is 338 g/mol. The molecule has 0 amide bonds. The van der Waals surface area contributed by atoms with Gasteiger partial charge in [0, 0.05) is 37.2 Å². The Bertz CT molecular complexity index is 506. The van der Waals surface area contributed by atoms with Gasteiger partial charge in [-0.1, -0.05) is 15.9 Å². The summed E-state index contributed by atoms with van der Waals surface area (Å²) in [7, 11) is -0.224. The number of rotatable bonds is 6. The van der Waals surface area contributed by atoms with Crippen LogP contribution in [0.2, 0.25) is 0 Å². The molecule has 1 rings (SSSR count). The van der Waals surface area contributed by atoms with Gasteiger partial charge in [0.15, 0.2) is 0 Å². The third-order valence-corrected chi connectivity index (χ3v) is 4.74. The summed E-state index contributed by atoms with van der Waals surface area (Å²) >= 11 is 3.26. The molecular formula is C11H16BrFN2O2S. The Morgan fingerprint density at radius 2 is 2.06 bits per heavy atom. The molecule has 0 fully saturated rings. The molecular weight excluding hydrogens is 323 g/mol. The van der Waals surface area contributed by atoms with Crippen LogP contribution in [0.15, 0.2) is 22.7 Å². The highest BCUT2D eigenvalue weighted by Gasteiger charge is 2.12. The second-order valence-electron chi connectivity index (χ2n) is 4.01. The van der Waals surface area contributed by atoms with Crippen LogP contribution in [0.5, 0.6) is 0 Å². The zero-order valence-corrected chi connectivity index (χ0v) is 12.7. The lowest BCUT2D eigenvalue weighted by Gasteiger charge is -2.11. The molecule has 0 unspecified atom stereocenters. The highest BCUT2D eigenvalue weighted by atomic mass is 79.9. The van der Waals surface area contributed by atoms with Gasteiger partial charge in [0.2, 0.25) is 10.0 Å². The van der Waals surface area contributed by atoms with Crippen molar-refractivity contribution in [2.75, 3.05) is 26.4 Å². The van der Waals surface area contributed by atoms with Crippen molar-refractivity contribution in [3.63, 3.8) is 0 Å². The van der Waals surface area contributed by atoms with Crippen LogP contribution in [0.25, 0.3) is 0 Å². The van der Waals surface area contributed by atoms with E-state index in [0.717, 1.165) is 4.47 Å². The number of sulfonamides is 1. The summed E-state index contributed by atoms with van der Waals surface area (Å²) in [5.74, 6) is -0.309. The fourth-order valence-electron chi connectivity index (χ4n) is 1.29. The molecule has 0 heterocycles. The molecule has 0 aliphatic heterocycles. The van der Waals surface area contributed by atoms with Crippen LogP contribution in [0.4, 0.5) is 4.39 Å². The molecule has 1 aromatic carbocycles. The summed E-state index contributed by atoms with van der Waals surface area (Å²) < 4.78 is 38.3. The topological polar surface area (TPSA) is 49.4 Å². The lowest BCUT2D eigenvalue weighted by atomic mass is 10.2. The maximum absolute atomic E-state index is 13.4. The first-order valence-electron chi connectivity index (χ1n) is 5.38. The second kappa shape index (κ2) is 6.60. The van der Waals surface area contributed by atoms with E-state index in [1.54, 1.807) is 12.1 Å². The van der Waals surface area contributed by atoms with Crippen molar-refractivity contribution < 1.29 is 12.8 Å². The zero-order valence-electron chi connectivity index (χ0n) is 10.3. The van der Waals surface area contributed by atoms with Crippen molar-refractivity contribution in [1.82, 2.24) is 9.62 Å². The molecule has 18 heavy (non-hydrogen) atoms. The Balaban J connectivity index is 2.46. The molecule has 7 heteroatoms. The second-order valence-corrected chi connectivity index (χ2v) is 7.23. The summed E-state index contributed by atoms with van der Waals surface area (Å²) in [4.78, 5) is 0. The van der Waals surface area contributed by atoms with E-state index in [9.17, 15) is 12.8 Å². The number of benzene rings is 1. The summed E-state index contributed by atoms with van der Waals surface area (Å²) in [6, 6.07) is 4.66. The Morgan fingerprint density at radius 1 is 1.39 bits per heavy atom. The molecule has 1 aromatic rings. The first-order chi connectivity index (χ1) is 8.33. The molecule has 0 saturated heterocycles. The molecule has 0 bridgehead atoms. The maximum Gasteiger partial charge on any atom is 0.214 e. The van der Waals surface area contributed by atoms with E-state index in [-0.39, 0.29) is 18.1 Å². The summed E-state index contributed by atoms with van der Waals surface area (Å²) in [6.45, 7) is 0.584. The van der Waals surface area contributed by atoms with Gasteiger partial charge < -0.3 is 5.32 Å². The predicted octanol–water partition coefficient (Wildman–Crippen LogP) is 1.57. The number of halogens is 2. The van der Waals surface area contributed by atoms with Gasteiger partial charge in [-0.05, 0) is 18.2 Å². The van der Waals surface area contributed by atoms with Crippen molar-refractivity contribution >= 4 is 26.0 Å². The molecule has 0 aliphatic carbocycles. The van der Waals surface area contributed by atoms with Crippen molar-refractivity contribution in [2.45, 2.75) is 6.54 Å². The van der Waals surface area contributed by atoms with Gasteiger partial charge >= 0.3 is 0 Å². The largest absolute Gasteiger partial charge is 0.312 e. The van der Waals surface area contributed by atoms with E-state index in [4.69, 9.17) is 0 Å². The molecule has 0 aliphatic rings. The number of nitrogens with one attached hydrogen (secondary N) is 1. The average molecular weight is 339 g/mol. The van der Waals surface area contributed by atoms with Gasteiger partial charge in [-0.15, -0.1) is 0 Å². The molecule has 4 nitrogen and oxygen atoms in total. The number of nitrogens with zero attached hydrogens (tertiary/aromatic N) is 1. The minimum absolute atomic E-state index is 0.00434. The van der Waals surface area contributed by atoms with Crippen LogP contribution < -0.4 is 5.32 Å².